The number of rotatable bonds is 20. The first-order chi connectivity index (χ1) is 33.7. The van der Waals surface area contributed by atoms with Crippen molar-refractivity contribution in [1.29, 1.82) is 0 Å². The number of primary amides is 1. The number of nitrogens with two attached hydrogens (primary N) is 1. The van der Waals surface area contributed by atoms with E-state index in [0.29, 0.717) is 12.8 Å². The van der Waals surface area contributed by atoms with E-state index in [4.69, 9.17) is 20.6 Å². The van der Waals surface area contributed by atoms with Crippen LogP contribution in [0.2, 0.25) is 0 Å². The van der Waals surface area contributed by atoms with Gasteiger partial charge in [0.25, 0.3) is 5.91 Å². The molecule has 0 radical (unpaired) electrons. The van der Waals surface area contributed by atoms with Crippen LogP contribution in [-0.2, 0) is 44.8 Å². The number of methoxy groups -OCH3 is 1. The van der Waals surface area contributed by atoms with Crippen LogP contribution in [0, 0.1) is 27.4 Å². The Morgan fingerprint density at radius 2 is 1.38 bits per heavy atom. The van der Waals surface area contributed by atoms with Crippen LogP contribution < -0.4 is 27.0 Å². The van der Waals surface area contributed by atoms with Crippen molar-refractivity contribution in [2.24, 2.45) is 23.0 Å². The number of nitrogens with one attached hydrogen (secondary N) is 4. The molecule has 71 heavy (non-hydrogen) atoms. The lowest BCUT2D eigenvalue weighted by Crippen LogP contribution is -2.62. The Morgan fingerprint density at radius 1 is 0.817 bits per heavy atom. The molecule has 6 amide bonds. The minimum absolute atomic E-state index is 0.0254. The van der Waals surface area contributed by atoms with Gasteiger partial charge in [-0.2, -0.15) is 0 Å². The van der Waals surface area contributed by atoms with Gasteiger partial charge < -0.3 is 46.5 Å². The van der Waals surface area contributed by atoms with Gasteiger partial charge in [0.2, 0.25) is 29.5 Å². The number of allylic oxidation sites excluding steroid dienone is 1. The minimum Gasteiger partial charge on any atom is -0.478 e. The summed E-state index contributed by atoms with van der Waals surface area (Å²) in [6, 6.07) is 9.32. The summed E-state index contributed by atoms with van der Waals surface area (Å²) in [7, 11) is 2.10. The Bertz CT molecular complexity index is 2200. The van der Waals surface area contributed by atoms with Crippen molar-refractivity contribution >= 4 is 47.4 Å². The Morgan fingerprint density at radius 3 is 1.93 bits per heavy atom. The van der Waals surface area contributed by atoms with Crippen LogP contribution in [-0.4, -0.2) is 119 Å². The monoisotopic (exact) mass is 990 g/mol. The maximum Gasteiger partial charge on any atom is 0.336 e. The molecule has 2 aromatic carbocycles. The van der Waals surface area contributed by atoms with Gasteiger partial charge in [0.05, 0.1) is 30.9 Å². The molecule has 0 aromatic heterocycles. The van der Waals surface area contributed by atoms with Gasteiger partial charge in [-0.25, -0.2) is 9.59 Å². The summed E-state index contributed by atoms with van der Waals surface area (Å²) in [5.74, 6) is -6.25. The molecule has 0 spiro atoms. The first-order valence-electron chi connectivity index (χ1n) is 24.3. The fourth-order valence-electron chi connectivity index (χ4n) is 9.39. The number of esters is 1. The van der Waals surface area contributed by atoms with Gasteiger partial charge in [0, 0.05) is 24.0 Å². The van der Waals surface area contributed by atoms with E-state index >= 15 is 4.79 Å². The first kappa shape index (κ1) is 56.9. The predicted molar refractivity (Wildman–Crippen MR) is 261 cm³/mol. The summed E-state index contributed by atoms with van der Waals surface area (Å²) in [6.07, 6.45) is 10.6. The van der Waals surface area contributed by atoms with Crippen molar-refractivity contribution in [3.63, 3.8) is 0 Å². The molecule has 3 aliphatic rings. The zero-order chi connectivity index (χ0) is 52.3. The summed E-state index contributed by atoms with van der Waals surface area (Å²) in [4.78, 5) is 118. The van der Waals surface area contributed by atoms with Gasteiger partial charge in [-0.15, -0.1) is 0 Å². The summed E-state index contributed by atoms with van der Waals surface area (Å²) >= 11 is 0. The lowest BCUT2D eigenvalue weighted by Gasteiger charge is -2.37. The van der Waals surface area contributed by atoms with E-state index in [9.17, 15) is 38.7 Å². The van der Waals surface area contributed by atoms with Crippen molar-refractivity contribution < 1.29 is 57.9 Å². The molecule has 20 heteroatoms. The number of carboxylic acids is 1. The third-order valence-corrected chi connectivity index (χ3v) is 13.1. The molecule has 1 aliphatic heterocycles. The van der Waals surface area contributed by atoms with E-state index in [-0.39, 0.29) is 55.4 Å². The number of nitrogens with zero attached hydrogens (tertiary/aromatic N) is 2. The average molecular weight is 990 g/mol. The number of aromatic carboxylic acids is 1. The highest BCUT2D eigenvalue weighted by Gasteiger charge is 2.47. The summed E-state index contributed by atoms with van der Waals surface area (Å²) < 4.78 is 11.0. The lowest BCUT2D eigenvalue weighted by molar-refractivity contribution is -0.445. The second kappa shape index (κ2) is 27.6. The van der Waals surface area contributed by atoms with Crippen LogP contribution in [0.3, 0.4) is 0 Å². The second-order valence-corrected chi connectivity index (χ2v) is 19.5. The van der Waals surface area contributed by atoms with Gasteiger partial charge in [-0.05, 0) is 73.5 Å². The molecular weight excluding hydrogens is 919 g/mol. The number of hydrogen-bond acceptors (Lipinski definition) is 12. The van der Waals surface area contributed by atoms with Gasteiger partial charge in [0.1, 0.15) is 30.2 Å². The van der Waals surface area contributed by atoms with E-state index in [1.54, 1.807) is 20.8 Å². The molecule has 1 saturated heterocycles. The van der Waals surface area contributed by atoms with Gasteiger partial charge >= 0.3 is 11.9 Å². The molecule has 1 heterocycles. The molecule has 6 atom stereocenters. The van der Waals surface area contributed by atoms with Crippen LogP contribution >= 0.6 is 0 Å². The highest BCUT2D eigenvalue weighted by molar-refractivity contribution is 6.06. The van der Waals surface area contributed by atoms with Crippen LogP contribution in [0.1, 0.15) is 131 Å². The number of nitro groups is 1. The van der Waals surface area contributed by atoms with Crippen molar-refractivity contribution in [3.05, 3.63) is 93.6 Å². The summed E-state index contributed by atoms with van der Waals surface area (Å²) in [5.41, 5.74) is 5.31. The number of ether oxygens (including phenoxy) is 2. The van der Waals surface area contributed by atoms with E-state index in [0.717, 1.165) is 64.0 Å². The smallest absolute Gasteiger partial charge is 0.336 e. The van der Waals surface area contributed by atoms with Crippen molar-refractivity contribution in [2.75, 3.05) is 20.7 Å². The zero-order valence-electron chi connectivity index (χ0n) is 41.4. The Labute approximate surface area is 414 Å². The molecule has 7 N–H and O–H groups in total. The van der Waals surface area contributed by atoms with E-state index in [2.05, 4.69) is 26.0 Å². The van der Waals surface area contributed by atoms with E-state index < -0.39 is 94.0 Å². The number of likely N-dealkylation sites (tertiary alicyclic amines) is 1. The topological polar surface area (TPSA) is 296 Å². The SMILES string of the molecule is COC(=O)/C=C/CC[C@H](NC(=O)c1ccccc1C(=O)O)C(=O)N[C@H](C(=O)N1C[C@H](OCc2ccccc2)C[C@H]1C(=O)N[C@H](C(=O)N[C@H](C(N)=O)C1CCCCC1)C1CCCCC1)C(C)(C)C.C[N+](=O)[O-]. The van der Waals surface area contributed by atoms with E-state index in [1.807, 2.05) is 30.3 Å². The molecule has 0 bridgehead atoms. The maximum absolute atomic E-state index is 15.1. The third kappa shape index (κ3) is 17.6. The first-order valence-corrected chi connectivity index (χ1v) is 24.3. The quantitative estimate of drug-likeness (QED) is 0.0470. The molecule has 2 aromatic rings. The number of amides is 6. The molecular formula is C51H71N7O13. The predicted octanol–water partition coefficient (Wildman–Crippen LogP) is 4.22. The summed E-state index contributed by atoms with van der Waals surface area (Å²) in [5, 5.41) is 30.0. The highest BCUT2D eigenvalue weighted by atomic mass is 16.6. The standard InChI is InChI=1S/C50H68N6O11.CH3NO2/c1-50(2,3)42(55-45(60)37(26-16-17-27-39(57)66-4)52-44(59)35-24-14-15-25-36(35)49(64)65)48(63)56-29-34(67-30-31-18-8-5-9-19-31)28-38(56)46(61)54-41(33-22-12-7-13-23-33)47(62)53-40(43(51)58)32-20-10-6-11-21-32;1-2(3)4/h5,8-9,14-15,17-19,24-25,27,32-34,37-38,40-42H,6-7,10-13,16,20-23,26,28-30H2,1-4H3,(H2,51,58)(H,52,59)(H,53,62)(H,54,61)(H,55,60)(H,64,65);1H3/b27-17+;/t34-,37+,38+,40+,41+,42-;/m1./s1. The number of carboxylic acid groups (broad SMARTS) is 1. The zero-order valence-corrected chi connectivity index (χ0v) is 41.4. The number of carbonyl (C=O) groups excluding carboxylic acids is 7. The molecule has 3 fully saturated rings. The van der Waals surface area contributed by atoms with Crippen LogP contribution in [0.5, 0.6) is 0 Å². The molecule has 20 nitrogen and oxygen atoms in total. The summed E-state index contributed by atoms with van der Waals surface area (Å²) in [6.45, 7) is 5.39. The minimum atomic E-state index is -1.35. The third-order valence-electron chi connectivity index (χ3n) is 13.1. The molecule has 0 unspecified atom stereocenters. The van der Waals surface area contributed by atoms with Gasteiger partial charge in [-0.3, -0.25) is 38.9 Å². The Kier molecular flexibility index (Phi) is 22.1. The van der Waals surface area contributed by atoms with E-state index in [1.165, 1.54) is 48.4 Å². The Hall–Kier alpha value is -6.70. The largest absolute Gasteiger partial charge is 0.478 e. The van der Waals surface area contributed by atoms with Crippen molar-refractivity contribution in [3.8, 4) is 0 Å². The van der Waals surface area contributed by atoms with Crippen LogP contribution in [0.25, 0.3) is 0 Å². The average Bonchev–Trinajstić information content (AvgIpc) is 3.78. The van der Waals surface area contributed by atoms with Gasteiger partial charge in [0.15, 0.2) is 7.05 Å². The highest BCUT2D eigenvalue weighted by Crippen LogP contribution is 2.31. The molecule has 388 valence electrons. The van der Waals surface area contributed by atoms with Crippen molar-refractivity contribution in [2.45, 2.75) is 147 Å². The fourth-order valence-corrected chi connectivity index (χ4v) is 9.39. The van der Waals surface area contributed by atoms with Crippen molar-refractivity contribution in [1.82, 2.24) is 26.2 Å². The Balaban J connectivity index is 0.00000263. The normalized spacial score (nSPS) is 19.1. The van der Waals surface area contributed by atoms with Crippen LogP contribution in [0.4, 0.5) is 0 Å². The molecule has 2 saturated carbocycles. The molecule has 5 rings (SSSR count). The fraction of sp³-hybridized carbons (Fsp3) is 0.569. The number of hydrogen-bond donors (Lipinski definition) is 6. The number of carbonyl (C=O) groups is 8. The van der Waals surface area contributed by atoms with Gasteiger partial charge in [-0.1, -0.05) is 108 Å². The van der Waals surface area contributed by atoms with Crippen LogP contribution in [0.15, 0.2) is 66.7 Å². The second-order valence-electron chi connectivity index (χ2n) is 19.5. The lowest BCUT2D eigenvalue weighted by atomic mass is 9.81. The maximum atomic E-state index is 15.1. The number of benzene rings is 2. The molecule has 2 aliphatic carbocycles.